The van der Waals surface area contributed by atoms with E-state index >= 15 is 0 Å². The van der Waals surface area contributed by atoms with Crippen molar-refractivity contribution in [3.05, 3.63) is 58.1 Å². The summed E-state index contributed by atoms with van der Waals surface area (Å²) in [7, 11) is 2.71. The van der Waals surface area contributed by atoms with Crippen molar-refractivity contribution >= 4 is 17.5 Å². The lowest BCUT2D eigenvalue weighted by Gasteiger charge is -2.20. The maximum Gasteiger partial charge on any atom is 0.228 e. The minimum atomic E-state index is -0.328. The second-order valence-corrected chi connectivity index (χ2v) is 8.64. The molecule has 0 bridgehead atoms. The normalized spacial score (nSPS) is 15.1. The number of unbranched alkanes of at least 4 members (excludes halogenated alkanes) is 3. The monoisotopic (exact) mass is 455 g/mol. The second-order valence-electron chi connectivity index (χ2n) is 8.64. The van der Waals surface area contributed by atoms with E-state index in [1.54, 1.807) is 6.92 Å². The lowest BCUT2D eigenvalue weighted by atomic mass is 9.88. The highest BCUT2D eigenvalue weighted by Gasteiger charge is 2.34. The molecule has 0 radical (unpaired) electrons. The van der Waals surface area contributed by atoms with Crippen LogP contribution in [0, 0.1) is 0 Å². The fourth-order valence-electron chi connectivity index (χ4n) is 3.99. The van der Waals surface area contributed by atoms with E-state index in [4.69, 9.17) is 9.47 Å². The van der Waals surface area contributed by atoms with E-state index in [0.29, 0.717) is 30.4 Å². The van der Waals surface area contributed by atoms with Crippen molar-refractivity contribution in [1.29, 1.82) is 0 Å². The highest BCUT2D eigenvalue weighted by Crippen LogP contribution is 2.28. The van der Waals surface area contributed by atoms with Crippen LogP contribution in [0.1, 0.15) is 70.4 Å². The van der Waals surface area contributed by atoms with Gasteiger partial charge in [-0.3, -0.25) is 14.4 Å². The number of allylic oxidation sites excluding steroid dienone is 2. The van der Waals surface area contributed by atoms with Gasteiger partial charge in [-0.1, -0.05) is 56.9 Å². The maximum absolute atomic E-state index is 12.8. The molecule has 6 heteroatoms. The fourth-order valence-corrected chi connectivity index (χ4v) is 3.99. The largest absolute Gasteiger partial charge is 0.489 e. The van der Waals surface area contributed by atoms with Crippen LogP contribution in [0.4, 0.5) is 0 Å². The van der Waals surface area contributed by atoms with Gasteiger partial charge in [0.25, 0.3) is 0 Å². The number of amides is 1. The first-order valence-electron chi connectivity index (χ1n) is 11.8. The van der Waals surface area contributed by atoms with Crippen molar-refractivity contribution in [2.45, 2.75) is 78.2 Å². The quantitative estimate of drug-likeness (QED) is 0.347. The zero-order chi connectivity index (χ0) is 24.4. The van der Waals surface area contributed by atoms with E-state index < -0.39 is 0 Å². The molecule has 1 aliphatic rings. The molecular weight excluding hydrogens is 418 g/mol. The van der Waals surface area contributed by atoms with E-state index in [1.165, 1.54) is 33.5 Å². The number of aryl methyl sites for hydroxylation is 1. The standard InChI is InChI=1S/C27H37NO5/c1-6-7-8-9-10-18(2)28-23(29)16-15-20-11-13-21(14-12-20)17-22-19(3)24(30)26(32-4)27(33-5)25(22)31/h11-14,18H,6-10,15-17H2,1-5H3,(H,28,29). The molecular formula is C27H37NO5. The third kappa shape index (κ3) is 7.31. The van der Waals surface area contributed by atoms with Crippen molar-refractivity contribution in [2.24, 2.45) is 0 Å². The van der Waals surface area contributed by atoms with Crippen molar-refractivity contribution in [3.63, 3.8) is 0 Å². The molecule has 33 heavy (non-hydrogen) atoms. The number of carbonyl (C=O) groups is 3. The molecule has 1 aliphatic carbocycles. The SMILES string of the molecule is CCCCCCC(C)NC(=O)CCc1ccc(CC2=C(C)C(=O)C(OC)=C(OC)C2=O)cc1. The van der Waals surface area contributed by atoms with Gasteiger partial charge in [-0.05, 0) is 37.8 Å². The number of hydrogen-bond donors (Lipinski definition) is 1. The Hall–Kier alpha value is -2.89. The number of benzene rings is 1. The fraction of sp³-hybridized carbons (Fsp3) is 0.519. The maximum atomic E-state index is 12.8. The summed E-state index contributed by atoms with van der Waals surface area (Å²) in [5.74, 6) is -0.679. The third-order valence-electron chi connectivity index (χ3n) is 6.04. The number of Topliss-reactive ketones (excluding diaryl/α,β-unsaturated/α-hetero) is 2. The first-order chi connectivity index (χ1) is 15.8. The highest BCUT2D eigenvalue weighted by atomic mass is 16.5. The van der Waals surface area contributed by atoms with Crippen LogP contribution in [0.2, 0.25) is 0 Å². The van der Waals surface area contributed by atoms with Crippen LogP contribution < -0.4 is 5.32 Å². The molecule has 1 N–H and O–H groups in total. The van der Waals surface area contributed by atoms with Gasteiger partial charge in [0, 0.05) is 30.0 Å². The molecule has 1 aromatic rings. The van der Waals surface area contributed by atoms with E-state index in [2.05, 4.69) is 19.2 Å². The van der Waals surface area contributed by atoms with Gasteiger partial charge < -0.3 is 14.8 Å². The summed E-state index contributed by atoms with van der Waals surface area (Å²) < 4.78 is 10.2. The molecule has 0 saturated carbocycles. The molecule has 6 nitrogen and oxygen atoms in total. The molecule has 0 fully saturated rings. The number of nitrogens with one attached hydrogen (secondary N) is 1. The van der Waals surface area contributed by atoms with Crippen LogP contribution in [0.5, 0.6) is 0 Å². The summed E-state index contributed by atoms with van der Waals surface area (Å²) in [6.45, 7) is 5.89. The summed E-state index contributed by atoms with van der Waals surface area (Å²) in [6, 6.07) is 8.01. The predicted octanol–water partition coefficient (Wildman–Crippen LogP) is 4.61. The number of ketones is 2. The Morgan fingerprint density at radius 2 is 1.55 bits per heavy atom. The number of methoxy groups -OCH3 is 2. The van der Waals surface area contributed by atoms with Crippen molar-refractivity contribution < 1.29 is 23.9 Å². The van der Waals surface area contributed by atoms with E-state index in [1.807, 2.05) is 24.3 Å². The number of carbonyl (C=O) groups excluding carboxylic acids is 3. The van der Waals surface area contributed by atoms with Crippen LogP contribution >= 0.6 is 0 Å². The summed E-state index contributed by atoms with van der Waals surface area (Å²) >= 11 is 0. The average molecular weight is 456 g/mol. The summed E-state index contributed by atoms with van der Waals surface area (Å²) in [5, 5.41) is 3.08. The molecule has 0 aliphatic heterocycles. The van der Waals surface area contributed by atoms with Crippen molar-refractivity contribution in [1.82, 2.24) is 5.32 Å². The summed E-state index contributed by atoms with van der Waals surface area (Å²) in [6.07, 6.45) is 7.27. The second kappa shape index (κ2) is 13.0. The van der Waals surface area contributed by atoms with Gasteiger partial charge in [0.2, 0.25) is 29.0 Å². The molecule has 2 rings (SSSR count). The Morgan fingerprint density at radius 3 is 2.15 bits per heavy atom. The zero-order valence-corrected chi connectivity index (χ0v) is 20.6. The molecule has 1 atom stereocenters. The topological polar surface area (TPSA) is 81.7 Å². The van der Waals surface area contributed by atoms with Crippen molar-refractivity contribution in [2.75, 3.05) is 14.2 Å². The highest BCUT2D eigenvalue weighted by molar-refractivity contribution is 6.23. The molecule has 0 aromatic heterocycles. The number of ether oxygens (including phenoxy) is 2. The van der Waals surface area contributed by atoms with Gasteiger partial charge in [0.1, 0.15) is 0 Å². The van der Waals surface area contributed by atoms with Crippen LogP contribution in [0.3, 0.4) is 0 Å². The van der Waals surface area contributed by atoms with Crippen LogP contribution in [0.25, 0.3) is 0 Å². The first kappa shape index (κ1) is 26.4. The summed E-state index contributed by atoms with van der Waals surface area (Å²) in [5.41, 5.74) is 2.76. The van der Waals surface area contributed by atoms with E-state index in [9.17, 15) is 14.4 Å². The van der Waals surface area contributed by atoms with Gasteiger partial charge in [-0.2, -0.15) is 0 Å². The Morgan fingerprint density at radius 1 is 0.939 bits per heavy atom. The molecule has 1 unspecified atom stereocenters. The van der Waals surface area contributed by atoms with Crippen LogP contribution in [-0.2, 0) is 36.7 Å². The summed E-state index contributed by atoms with van der Waals surface area (Å²) in [4.78, 5) is 37.6. The van der Waals surface area contributed by atoms with E-state index in [-0.39, 0.29) is 35.0 Å². The molecule has 0 saturated heterocycles. The van der Waals surface area contributed by atoms with E-state index in [0.717, 1.165) is 24.0 Å². The number of hydrogen-bond acceptors (Lipinski definition) is 5. The predicted molar refractivity (Wildman–Crippen MR) is 129 cm³/mol. The minimum Gasteiger partial charge on any atom is -0.489 e. The molecule has 0 spiro atoms. The van der Waals surface area contributed by atoms with Gasteiger partial charge in [0.05, 0.1) is 14.2 Å². The van der Waals surface area contributed by atoms with Gasteiger partial charge in [0.15, 0.2) is 0 Å². The smallest absolute Gasteiger partial charge is 0.228 e. The Balaban J connectivity index is 1.90. The first-order valence-corrected chi connectivity index (χ1v) is 11.8. The third-order valence-corrected chi connectivity index (χ3v) is 6.04. The lowest BCUT2D eigenvalue weighted by molar-refractivity contribution is -0.121. The molecule has 180 valence electrons. The molecule has 0 heterocycles. The minimum absolute atomic E-state index is 0.0485. The average Bonchev–Trinajstić information content (AvgIpc) is 2.81. The Kier molecular flexibility index (Phi) is 10.4. The molecule has 1 amide bonds. The number of rotatable bonds is 13. The molecule has 1 aromatic carbocycles. The van der Waals surface area contributed by atoms with Crippen LogP contribution in [-0.4, -0.2) is 37.7 Å². The van der Waals surface area contributed by atoms with Gasteiger partial charge in [-0.15, -0.1) is 0 Å². The lowest BCUT2D eigenvalue weighted by Crippen LogP contribution is -2.32. The van der Waals surface area contributed by atoms with Crippen LogP contribution in [0.15, 0.2) is 46.9 Å². The van der Waals surface area contributed by atoms with Crippen molar-refractivity contribution in [3.8, 4) is 0 Å². The zero-order valence-electron chi connectivity index (χ0n) is 20.6. The Labute approximate surface area is 197 Å². The van der Waals surface area contributed by atoms with Gasteiger partial charge >= 0.3 is 0 Å². The Bertz CT molecular complexity index is 911. The van der Waals surface area contributed by atoms with Gasteiger partial charge in [-0.25, -0.2) is 0 Å².